The van der Waals surface area contributed by atoms with Gasteiger partial charge < -0.3 is 10.6 Å². The van der Waals surface area contributed by atoms with Crippen LogP contribution in [0.25, 0.3) is 0 Å². The van der Waals surface area contributed by atoms with Gasteiger partial charge in [0.2, 0.25) is 0 Å². The Morgan fingerprint density at radius 3 is 1.32 bits per heavy atom. The molecule has 0 aromatic rings. The van der Waals surface area contributed by atoms with E-state index in [0.717, 1.165) is 0 Å². The molecule has 4 heteroatoms. The van der Waals surface area contributed by atoms with Gasteiger partial charge in [0, 0.05) is 0 Å². The number of nitrogens with zero attached hydrogens (tertiary/aromatic N) is 1. The smallest absolute Gasteiger partial charge is 0.00248 e. The maximum absolute atomic E-state index is 4.50. The Hall–Kier alpha value is 0.690. The van der Waals surface area contributed by atoms with Crippen molar-refractivity contribution in [1.82, 2.24) is 4.90 Å². The second-order valence-electron chi connectivity index (χ2n) is 4.99. The van der Waals surface area contributed by atoms with Gasteiger partial charge in [0.1, 0.15) is 0 Å². The highest BCUT2D eigenvalue weighted by Crippen LogP contribution is 2.10. The number of rotatable bonds is 11. The molecule has 19 heavy (non-hydrogen) atoms. The summed E-state index contributed by atoms with van der Waals surface area (Å²) in [6.45, 7) is 3.54. The molecule has 0 saturated carbocycles. The van der Waals surface area contributed by atoms with Gasteiger partial charge in [0.25, 0.3) is 0 Å². The summed E-state index contributed by atoms with van der Waals surface area (Å²) in [6.07, 6.45) is 14.4. The quantitative estimate of drug-likeness (QED) is 0.522. The molecular weight excluding hydrogens is 324 g/mol. The Kier molecular flexibility index (Phi) is 39.9. The Balaban J connectivity index is -0.000000267. The number of unbranched alkanes of at least 4 members (excludes halogenated alkanes) is 9. The largest absolute Gasteiger partial charge is 0.333 e. The number of nitrogens with two attached hydrogens (primary N) is 1. The normalized spacial score (nSPS) is 9.16. The Morgan fingerprint density at radius 2 is 1.00 bits per heavy atom. The highest BCUT2D eigenvalue weighted by atomic mass is 79.9. The first kappa shape index (κ1) is 27.9. The van der Waals surface area contributed by atoms with Crippen molar-refractivity contribution < 1.29 is 0 Å². The lowest BCUT2D eigenvalue weighted by Gasteiger charge is -2.08. The number of hydrogen-bond acceptors (Lipinski definition) is 2. The summed E-state index contributed by atoms with van der Waals surface area (Å²) < 4.78 is 0. The fourth-order valence-electron chi connectivity index (χ4n) is 1.92. The molecule has 122 valence electrons. The van der Waals surface area contributed by atoms with Crippen LogP contribution in [0.4, 0.5) is 0 Å². The molecule has 0 fully saturated rings. The molecule has 0 aliphatic carbocycles. The van der Waals surface area contributed by atoms with E-state index in [9.17, 15) is 0 Å². The second-order valence-corrected chi connectivity index (χ2v) is 4.99. The molecule has 0 unspecified atom stereocenters. The summed E-state index contributed by atoms with van der Waals surface area (Å²) in [6, 6.07) is 0. The third-order valence-electron chi connectivity index (χ3n) is 2.96. The van der Waals surface area contributed by atoms with Crippen molar-refractivity contribution in [3.05, 3.63) is 0 Å². The van der Waals surface area contributed by atoms with E-state index in [4.69, 9.17) is 0 Å². The minimum atomic E-state index is 0. The molecule has 0 amide bonds. The Labute approximate surface area is 139 Å². The third kappa shape index (κ3) is 32.3. The molecule has 0 rings (SSSR count). The lowest BCUT2D eigenvalue weighted by molar-refractivity contribution is 0.389. The van der Waals surface area contributed by atoms with Crippen LogP contribution in [0.1, 0.15) is 71.1 Å². The van der Waals surface area contributed by atoms with Gasteiger partial charge in [-0.25, -0.2) is 0 Å². The van der Waals surface area contributed by atoms with Gasteiger partial charge in [-0.2, -0.15) is 0 Å². The zero-order valence-electron chi connectivity index (χ0n) is 13.6. The molecule has 2 nitrogen and oxygen atoms in total. The molecule has 0 radical (unpaired) electrons. The zero-order chi connectivity index (χ0) is 13.4. The van der Waals surface area contributed by atoms with Crippen LogP contribution in [0.2, 0.25) is 0 Å². The van der Waals surface area contributed by atoms with Crippen LogP contribution >= 0.6 is 29.4 Å². The van der Waals surface area contributed by atoms with Crippen molar-refractivity contribution in [2.75, 3.05) is 27.7 Å². The fourth-order valence-corrected chi connectivity index (χ4v) is 1.92. The minimum Gasteiger partial charge on any atom is -0.333 e. The lowest BCUT2D eigenvalue weighted by Crippen LogP contribution is -2.12. The van der Waals surface area contributed by atoms with E-state index >= 15 is 0 Å². The molecule has 0 aliphatic heterocycles. The molecule has 2 N–H and O–H groups in total. The molecular formula is C15H38BrClN2. The summed E-state index contributed by atoms with van der Waals surface area (Å²) in [7, 11) is 5.82. The first-order valence-corrected chi connectivity index (χ1v) is 7.50. The highest BCUT2D eigenvalue weighted by Gasteiger charge is 1.93. The van der Waals surface area contributed by atoms with Crippen LogP contribution < -0.4 is 5.73 Å². The monoisotopic (exact) mass is 360 g/mol. The van der Waals surface area contributed by atoms with E-state index in [2.05, 4.69) is 31.7 Å². The number of halogens is 2. The van der Waals surface area contributed by atoms with Crippen molar-refractivity contribution >= 4 is 29.4 Å². The zero-order valence-corrected chi connectivity index (χ0v) is 16.1. The van der Waals surface area contributed by atoms with Crippen LogP contribution in [0.3, 0.4) is 0 Å². The molecule has 0 heterocycles. The van der Waals surface area contributed by atoms with Crippen LogP contribution in [0.5, 0.6) is 0 Å². The van der Waals surface area contributed by atoms with Gasteiger partial charge in [0.15, 0.2) is 0 Å². The predicted octanol–water partition coefficient (Wildman–Crippen LogP) is 5.04. The van der Waals surface area contributed by atoms with Crippen LogP contribution in [-0.2, 0) is 0 Å². The van der Waals surface area contributed by atoms with Gasteiger partial charge in [-0.1, -0.05) is 64.7 Å². The van der Waals surface area contributed by atoms with Crippen molar-refractivity contribution in [2.45, 2.75) is 71.1 Å². The highest BCUT2D eigenvalue weighted by molar-refractivity contribution is 8.93. The van der Waals surface area contributed by atoms with Crippen LogP contribution in [-0.4, -0.2) is 32.6 Å². The van der Waals surface area contributed by atoms with E-state index in [-0.39, 0.29) is 29.4 Å². The molecule has 0 atom stereocenters. The van der Waals surface area contributed by atoms with Gasteiger partial charge in [-0.3, -0.25) is 0 Å². The first-order valence-electron chi connectivity index (χ1n) is 7.50. The molecule has 0 aliphatic rings. The summed E-state index contributed by atoms with van der Waals surface area (Å²) in [5, 5.41) is 0. The minimum absolute atomic E-state index is 0. The molecule has 0 aromatic carbocycles. The average molecular weight is 362 g/mol. The van der Waals surface area contributed by atoms with E-state index in [1.807, 2.05) is 0 Å². The van der Waals surface area contributed by atoms with Crippen molar-refractivity contribution in [1.29, 1.82) is 0 Å². The summed E-state index contributed by atoms with van der Waals surface area (Å²) in [5.74, 6) is 0. The molecule has 0 bridgehead atoms. The van der Waals surface area contributed by atoms with Gasteiger partial charge in [-0.15, -0.1) is 29.4 Å². The van der Waals surface area contributed by atoms with E-state index in [0.29, 0.717) is 0 Å². The summed E-state index contributed by atoms with van der Waals surface area (Å²) in [4.78, 5) is 2.28. The molecule has 0 aromatic heterocycles. The average Bonchev–Trinajstić information content (AvgIpc) is 2.34. The van der Waals surface area contributed by atoms with E-state index in [1.54, 1.807) is 0 Å². The molecule has 0 saturated heterocycles. The van der Waals surface area contributed by atoms with Gasteiger partial charge in [0.05, 0.1) is 0 Å². The van der Waals surface area contributed by atoms with Gasteiger partial charge >= 0.3 is 0 Å². The van der Waals surface area contributed by atoms with Gasteiger partial charge in [-0.05, 0) is 34.1 Å². The van der Waals surface area contributed by atoms with Crippen molar-refractivity contribution in [3.8, 4) is 0 Å². The summed E-state index contributed by atoms with van der Waals surface area (Å²) >= 11 is 0. The van der Waals surface area contributed by atoms with E-state index < -0.39 is 0 Å². The number of hydrogen-bond donors (Lipinski definition) is 1. The standard InChI is InChI=1S/C14H31N.CH5N.BrH.ClH/c1-4-5-6-7-8-9-10-11-12-13-14-15(2)3;1-2;;/h4-14H2,1-3H3;2H2,1H3;2*1H. The van der Waals surface area contributed by atoms with E-state index in [1.165, 1.54) is 77.8 Å². The third-order valence-corrected chi connectivity index (χ3v) is 2.96. The van der Waals surface area contributed by atoms with Crippen LogP contribution in [0.15, 0.2) is 0 Å². The lowest BCUT2D eigenvalue weighted by atomic mass is 10.1. The Morgan fingerprint density at radius 1 is 0.684 bits per heavy atom. The van der Waals surface area contributed by atoms with Crippen molar-refractivity contribution in [3.63, 3.8) is 0 Å². The summed E-state index contributed by atoms with van der Waals surface area (Å²) in [5.41, 5.74) is 4.50. The van der Waals surface area contributed by atoms with Crippen LogP contribution in [0, 0.1) is 0 Å². The SMILES string of the molecule is Br.CCCCCCCCCCCCN(C)C.CN.Cl. The Bertz CT molecular complexity index is 125. The topological polar surface area (TPSA) is 29.3 Å². The van der Waals surface area contributed by atoms with Crippen molar-refractivity contribution in [2.24, 2.45) is 5.73 Å². The fraction of sp³-hybridized carbons (Fsp3) is 1.00. The maximum atomic E-state index is 4.50. The predicted molar refractivity (Wildman–Crippen MR) is 98.1 cm³/mol. The first-order chi connectivity index (χ1) is 8.27. The second kappa shape index (κ2) is 27.1. The molecule has 0 spiro atoms. The maximum Gasteiger partial charge on any atom is -0.00248 e.